The maximum absolute atomic E-state index is 13.8. The Balaban J connectivity index is 0.000000187. The number of H-pyrrole nitrogens is 1. The van der Waals surface area contributed by atoms with Crippen LogP contribution in [0.4, 0.5) is 5.82 Å². The van der Waals surface area contributed by atoms with Crippen molar-refractivity contribution in [3.8, 4) is 51.1 Å². The summed E-state index contributed by atoms with van der Waals surface area (Å²) in [6.45, 7) is 7.18. The van der Waals surface area contributed by atoms with Crippen molar-refractivity contribution < 1.29 is 56.8 Å². The average Bonchev–Trinajstić information content (AvgIpc) is 1.81. The third-order valence-corrected chi connectivity index (χ3v) is 13.4. The molecule has 0 saturated heterocycles. The zero-order valence-corrected chi connectivity index (χ0v) is 49.6. The fraction of sp³-hybridized carbons (Fsp3) is 0.209. The van der Waals surface area contributed by atoms with Crippen LogP contribution >= 0.6 is 11.6 Å². The highest BCUT2D eigenvalue weighted by molar-refractivity contribution is 6.63. The van der Waals surface area contributed by atoms with Crippen LogP contribution in [0.3, 0.4) is 0 Å². The number of ether oxygens (including phenoxy) is 5. The number of aromatic amines is 1. The van der Waals surface area contributed by atoms with Crippen molar-refractivity contribution in [3.05, 3.63) is 223 Å². The number of hydrogen-bond donors (Lipinski definition) is 2. The Bertz CT molecular complexity index is 3630. The summed E-state index contributed by atoms with van der Waals surface area (Å²) in [5.74, 6) is 0.821. The predicted octanol–water partition coefficient (Wildman–Crippen LogP) is 11.3. The Kier molecular flexibility index (Phi) is 24.6. The van der Waals surface area contributed by atoms with Crippen LogP contribution in [0.25, 0.3) is 39.5 Å². The monoisotopic (exact) mass is 1170 g/mol. The van der Waals surface area contributed by atoms with Crippen molar-refractivity contribution in [3.63, 3.8) is 0 Å². The molecule has 0 saturated carbocycles. The van der Waals surface area contributed by atoms with Crippen molar-refractivity contribution in [2.75, 3.05) is 40.8 Å². The lowest BCUT2D eigenvalue weighted by Gasteiger charge is -2.20. The van der Waals surface area contributed by atoms with Crippen LogP contribution in [0.15, 0.2) is 200 Å². The van der Waals surface area contributed by atoms with Crippen molar-refractivity contribution in [2.45, 2.75) is 59.3 Å². The highest BCUT2D eigenvalue weighted by Gasteiger charge is 2.36. The molecule has 85 heavy (non-hydrogen) atoms. The molecule has 9 aromatic rings. The van der Waals surface area contributed by atoms with Crippen LogP contribution in [0, 0.1) is 0 Å². The summed E-state index contributed by atoms with van der Waals surface area (Å²) in [6, 6.07) is 53.7. The highest BCUT2D eigenvalue weighted by Crippen LogP contribution is 2.36. The summed E-state index contributed by atoms with van der Waals surface area (Å²) in [5, 5.41) is 11.7. The zero-order valence-electron chi connectivity index (χ0n) is 48.9. The number of Topliss-reactive ketones (excluding diaryl/α,β-unsaturated/α-hetero) is 1. The van der Waals surface area contributed by atoms with Crippen molar-refractivity contribution >= 4 is 51.9 Å². The summed E-state index contributed by atoms with van der Waals surface area (Å²) < 4.78 is 30.3. The average molecular weight is 1170 g/mol. The number of hydrogen-bond acceptors (Lipinski definition) is 13. The molecule has 0 amide bonds. The first-order chi connectivity index (χ1) is 41.2. The summed E-state index contributed by atoms with van der Waals surface area (Å²) in [4.78, 5) is 57.4. The standard InChI is InChI=1S/C27H24N3O2.C14H13N4.C13H16O4.C10H12O3.C3H5ClO/c1-3-19-18-23-26(29-16-8-5-9-17-29)25(21-10-6-4-7-11-21)28-30(23)27(31)24(19)20-12-14-22(32-2)15-13-20;15-14-13(18-9-5-2-6-10-18)12(16-17-14)11-7-3-1-4-8-11;1-4-17-13(15)12(9(2)14)10-5-7-11(16-3)8-6-10;1-12-9-5-3-8(4-6-9)7-10(11)13-2;1-2-3(4)5/h4-17H,3,18H2,1-2H3;1-10H,(H3,15,16,17);5-8,12H,4H2,1-3H3;3-6H,7H2,1-2H3;2H2,1H3/q2*+1;;;. The Morgan fingerprint density at radius 2 is 1.13 bits per heavy atom. The quantitative estimate of drug-likeness (QED) is 0.0399. The number of anilines is 1. The second-order valence-electron chi connectivity index (χ2n) is 18.6. The van der Waals surface area contributed by atoms with E-state index in [9.17, 15) is 24.0 Å². The first-order valence-corrected chi connectivity index (χ1v) is 27.7. The fourth-order valence-electron chi connectivity index (χ4n) is 8.82. The number of halogens is 1. The van der Waals surface area contributed by atoms with Crippen LogP contribution in [0.1, 0.15) is 73.6 Å². The number of rotatable bonds is 16. The molecule has 1 atom stereocenters. The normalized spacial score (nSPS) is 11.4. The molecule has 0 bridgehead atoms. The summed E-state index contributed by atoms with van der Waals surface area (Å²) in [5.41, 5.74) is 16.7. The first-order valence-electron chi connectivity index (χ1n) is 27.3. The summed E-state index contributed by atoms with van der Waals surface area (Å²) in [6.07, 6.45) is 10.1. The van der Waals surface area contributed by atoms with Gasteiger partial charge < -0.3 is 29.4 Å². The number of nitrogens with zero attached hydrogens (tertiary/aromatic N) is 5. The number of allylic oxidation sites excluding steroid dienone is 2. The Morgan fingerprint density at radius 3 is 1.60 bits per heavy atom. The number of pyridine rings is 2. The minimum absolute atomic E-state index is 0.0896. The number of nitrogens with two attached hydrogens (primary N) is 1. The van der Waals surface area contributed by atoms with Gasteiger partial charge in [-0.15, -0.1) is 0 Å². The van der Waals surface area contributed by atoms with E-state index in [1.807, 2.05) is 175 Å². The Hall–Kier alpha value is -10.0. The van der Waals surface area contributed by atoms with E-state index in [1.54, 1.807) is 64.1 Å². The largest absolute Gasteiger partial charge is 0.497 e. The molecule has 17 nitrogen and oxygen atoms in total. The molecular weight excluding hydrogens is 1100 g/mol. The molecule has 0 spiro atoms. The van der Waals surface area contributed by atoms with Gasteiger partial charge in [-0.2, -0.15) is 24.0 Å². The number of aromatic nitrogens is 6. The zero-order chi connectivity index (χ0) is 61.3. The van der Waals surface area contributed by atoms with Crippen molar-refractivity contribution in [1.82, 2.24) is 20.0 Å². The van der Waals surface area contributed by atoms with E-state index in [1.165, 1.54) is 14.0 Å². The van der Waals surface area contributed by atoms with E-state index in [-0.39, 0.29) is 29.5 Å². The van der Waals surface area contributed by atoms with Gasteiger partial charge in [-0.1, -0.05) is 129 Å². The van der Waals surface area contributed by atoms with Gasteiger partial charge in [0.2, 0.25) is 11.1 Å². The minimum Gasteiger partial charge on any atom is -0.497 e. The third-order valence-electron chi connectivity index (χ3n) is 13.1. The number of nitrogen functional groups attached to an aromatic ring is 1. The fourth-order valence-corrected chi connectivity index (χ4v) is 8.82. The first kappa shape index (κ1) is 64.2. The lowest BCUT2D eigenvalue weighted by Crippen LogP contribution is -2.33. The molecule has 18 heteroatoms. The lowest BCUT2D eigenvalue weighted by atomic mass is 9.91. The summed E-state index contributed by atoms with van der Waals surface area (Å²) >= 11 is 4.82. The molecule has 10 rings (SSSR count). The van der Waals surface area contributed by atoms with Gasteiger partial charge in [0.15, 0.2) is 30.5 Å². The summed E-state index contributed by atoms with van der Waals surface area (Å²) in [7, 11) is 6.19. The smallest absolute Gasteiger partial charge is 0.320 e. The van der Waals surface area contributed by atoms with Gasteiger partial charge in [0.05, 0.1) is 41.5 Å². The number of ketones is 1. The predicted molar refractivity (Wildman–Crippen MR) is 327 cm³/mol. The van der Waals surface area contributed by atoms with E-state index < -0.39 is 11.9 Å². The van der Waals surface area contributed by atoms with Gasteiger partial charge >= 0.3 is 11.9 Å². The SMILES string of the molecule is CCC(=O)Cl.CCC1=C(c2ccc(OC)cc2)C(=O)n2nc(-c3ccccc3)c(-[n+]3ccccc3)c2C1.CCOC(=O)C(C(C)=O)c1ccc(OC)cc1.COC(=O)Cc1ccc(OC)cc1.Nc1n[nH]c(-c2ccccc2)c1-[n+]1ccccc1. The molecule has 4 aromatic heterocycles. The molecule has 3 N–H and O–H groups in total. The molecule has 438 valence electrons. The van der Waals surface area contributed by atoms with Gasteiger partial charge in [0.1, 0.15) is 40.3 Å². The number of carbonyl (C=O) groups excluding carboxylic acids is 5. The van der Waals surface area contributed by atoms with Gasteiger partial charge in [-0.25, -0.2) is 0 Å². The molecule has 5 heterocycles. The Morgan fingerprint density at radius 1 is 0.647 bits per heavy atom. The molecule has 0 fully saturated rings. The van der Waals surface area contributed by atoms with Crippen LogP contribution in [-0.2, 0) is 41.5 Å². The molecule has 0 aliphatic carbocycles. The highest BCUT2D eigenvalue weighted by atomic mass is 35.5. The van der Waals surface area contributed by atoms with Gasteiger partial charge in [0.25, 0.3) is 17.3 Å². The van der Waals surface area contributed by atoms with E-state index in [4.69, 9.17) is 41.4 Å². The van der Waals surface area contributed by atoms with Gasteiger partial charge in [-0.05, 0) is 85.0 Å². The van der Waals surface area contributed by atoms with Crippen LogP contribution in [-0.4, -0.2) is 83.9 Å². The van der Waals surface area contributed by atoms with E-state index >= 15 is 0 Å². The molecule has 5 aromatic carbocycles. The molecular formula is C67H70ClN7O10+2. The number of carbonyl (C=O) groups is 5. The van der Waals surface area contributed by atoms with Crippen LogP contribution < -0.4 is 29.1 Å². The van der Waals surface area contributed by atoms with Crippen molar-refractivity contribution in [1.29, 1.82) is 0 Å². The molecule has 1 unspecified atom stereocenters. The molecule has 0 radical (unpaired) electrons. The van der Waals surface area contributed by atoms with Gasteiger partial charge in [-0.3, -0.25) is 29.1 Å². The molecule has 1 aliphatic heterocycles. The minimum atomic E-state index is -0.846. The van der Waals surface area contributed by atoms with E-state index in [0.29, 0.717) is 36.4 Å². The van der Waals surface area contributed by atoms with Crippen LogP contribution in [0.5, 0.6) is 17.2 Å². The van der Waals surface area contributed by atoms with Gasteiger partial charge in [0, 0.05) is 53.8 Å². The van der Waals surface area contributed by atoms with E-state index in [2.05, 4.69) is 26.4 Å². The maximum Gasteiger partial charge on any atom is 0.320 e. The van der Waals surface area contributed by atoms with Crippen molar-refractivity contribution in [2.24, 2.45) is 0 Å². The number of fused-ring (bicyclic) bond motifs is 1. The maximum atomic E-state index is 13.8. The second kappa shape index (κ2) is 32.6. The lowest BCUT2D eigenvalue weighted by molar-refractivity contribution is -0.595. The Labute approximate surface area is 500 Å². The number of nitrogens with one attached hydrogen (secondary N) is 1. The van der Waals surface area contributed by atoms with E-state index in [0.717, 1.165) is 79.8 Å². The topological polar surface area (TPSA) is 212 Å². The number of esters is 2. The second-order valence-corrected chi connectivity index (χ2v) is 19.0. The third kappa shape index (κ3) is 17.5. The number of benzene rings is 5. The van der Waals surface area contributed by atoms with Crippen LogP contribution in [0.2, 0.25) is 0 Å². The number of methoxy groups -OCH3 is 4. The molecule has 1 aliphatic rings.